The fourth-order valence-electron chi connectivity index (χ4n) is 3.72. The Hall–Kier alpha value is -3.85. The fraction of sp³-hybridized carbons (Fsp3) is 0.269. The number of hydrogen-bond acceptors (Lipinski definition) is 5. The predicted molar refractivity (Wildman–Crippen MR) is 125 cm³/mol. The van der Waals surface area contributed by atoms with Gasteiger partial charge < -0.3 is 9.64 Å². The first-order chi connectivity index (χ1) is 15.4. The highest BCUT2D eigenvalue weighted by Gasteiger charge is 2.35. The first-order valence-electron chi connectivity index (χ1n) is 10.6. The summed E-state index contributed by atoms with van der Waals surface area (Å²) in [4.78, 5) is 29.5. The van der Waals surface area contributed by atoms with Gasteiger partial charge in [0.2, 0.25) is 0 Å². The minimum Gasteiger partial charge on any atom is -0.497 e. The Kier molecular flexibility index (Phi) is 7.11. The molecule has 164 valence electrons. The number of carbonyl (C=O) groups excluding carboxylic acids is 2. The zero-order valence-electron chi connectivity index (χ0n) is 18.9. The molecule has 0 N–H and O–H groups in total. The molecule has 0 atom stereocenters. The first kappa shape index (κ1) is 22.8. The van der Waals surface area contributed by atoms with E-state index in [0.717, 1.165) is 34.8 Å². The van der Waals surface area contributed by atoms with E-state index in [1.807, 2.05) is 30.3 Å². The van der Waals surface area contributed by atoms with Crippen LogP contribution < -0.4 is 9.64 Å². The number of rotatable bonds is 7. The molecule has 0 bridgehead atoms. The normalized spacial score (nSPS) is 15.2. The molecule has 1 heterocycles. The van der Waals surface area contributed by atoms with Gasteiger partial charge in [-0.3, -0.25) is 14.5 Å². The summed E-state index contributed by atoms with van der Waals surface area (Å²) in [5, 5.41) is 9.59. The molecule has 0 saturated carbocycles. The minimum absolute atomic E-state index is 0.0101. The molecule has 32 heavy (non-hydrogen) atoms. The summed E-state index contributed by atoms with van der Waals surface area (Å²) in [5.74, 6) is -0.290. The Labute approximate surface area is 189 Å². The van der Waals surface area contributed by atoms with Crippen molar-refractivity contribution in [2.75, 3.05) is 25.1 Å². The average Bonchev–Trinajstić information content (AvgIpc) is 2.82. The van der Waals surface area contributed by atoms with E-state index >= 15 is 0 Å². The quantitative estimate of drug-likeness (QED) is 0.484. The smallest absolute Gasteiger partial charge is 0.271 e. The lowest BCUT2D eigenvalue weighted by atomic mass is 9.93. The highest BCUT2D eigenvalue weighted by molar-refractivity contribution is 6.19. The highest BCUT2D eigenvalue weighted by atomic mass is 16.5. The Morgan fingerprint density at radius 2 is 1.62 bits per heavy atom. The summed E-state index contributed by atoms with van der Waals surface area (Å²) < 4.78 is 5.16. The van der Waals surface area contributed by atoms with Crippen LogP contribution in [0.2, 0.25) is 0 Å². The first-order valence-corrected chi connectivity index (χ1v) is 10.6. The standard InChI is InChI=1S/C26H27N3O3/c1-5-28(6-2)21-11-7-19(8-12-21)15-23-18(3)24(16-27)26(31)29(25(23)30)17-20-9-13-22(32-4)14-10-20/h7-15H,5-6,17H2,1-4H3/b23-15+. The van der Waals surface area contributed by atoms with Crippen molar-refractivity contribution in [3.8, 4) is 11.8 Å². The lowest BCUT2D eigenvalue weighted by molar-refractivity contribution is -0.141. The lowest BCUT2D eigenvalue weighted by Gasteiger charge is -2.27. The van der Waals surface area contributed by atoms with Gasteiger partial charge in [0.15, 0.2) is 0 Å². The molecule has 0 spiro atoms. The van der Waals surface area contributed by atoms with Gasteiger partial charge in [-0.05, 0) is 67.8 Å². The SMILES string of the molecule is CCN(CC)c1ccc(/C=C2/C(=O)N(Cc3ccc(OC)cc3)C(=O)C(C#N)=C2C)cc1. The van der Waals surface area contributed by atoms with E-state index in [1.165, 1.54) is 0 Å². The van der Waals surface area contributed by atoms with Gasteiger partial charge >= 0.3 is 0 Å². The van der Waals surface area contributed by atoms with Gasteiger partial charge in [-0.1, -0.05) is 24.3 Å². The molecule has 6 nitrogen and oxygen atoms in total. The van der Waals surface area contributed by atoms with E-state index in [9.17, 15) is 14.9 Å². The molecule has 6 heteroatoms. The third kappa shape index (κ3) is 4.57. The van der Waals surface area contributed by atoms with Crippen LogP contribution in [0, 0.1) is 11.3 Å². The number of nitrogens with zero attached hydrogens (tertiary/aromatic N) is 3. The number of nitriles is 1. The number of anilines is 1. The number of hydrogen-bond donors (Lipinski definition) is 0. The largest absolute Gasteiger partial charge is 0.497 e. The van der Waals surface area contributed by atoms with Gasteiger partial charge in [0.05, 0.1) is 13.7 Å². The fourth-order valence-corrected chi connectivity index (χ4v) is 3.72. The molecule has 0 aliphatic carbocycles. The summed E-state index contributed by atoms with van der Waals surface area (Å²) in [7, 11) is 1.57. The van der Waals surface area contributed by atoms with Crippen LogP contribution in [0.25, 0.3) is 6.08 Å². The topological polar surface area (TPSA) is 73.6 Å². The van der Waals surface area contributed by atoms with Crippen molar-refractivity contribution < 1.29 is 14.3 Å². The van der Waals surface area contributed by atoms with Gasteiger partial charge in [-0.25, -0.2) is 0 Å². The molecule has 2 amide bonds. The van der Waals surface area contributed by atoms with Crippen molar-refractivity contribution in [1.82, 2.24) is 4.90 Å². The molecule has 2 aromatic rings. The summed E-state index contributed by atoms with van der Waals surface area (Å²) in [6, 6.07) is 17.0. The van der Waals surface area contributed by atoms with Crippen LogP contribution in [0.15, 0.2) is 65.3 Å². The van der Waals surface area contributed by atoms with Crippen LogP contribution in [-0.2, 0) is 16.1 Å². The Bertz CT molecular complexity index is 1100. The molecular formula is C26H27N3O3. The lowest BCUT2D eigenvalue weighted by Crippen LogP contribution is -2.42. The van der Waals surface area contributed by atoms with Crippen LogP contribution >= 0.6 is 0 Å². The van der Waals surface area contributed by atoms with E-state index < -0.39 is 11.8 Å². The number of carbonyl (C=O) groups is 2. The molecule has 0 fully saturated rings. The van der Waals surface area contributed by atoms with Crippen LogP contribution in [0.3, 0.4) is 0 Å². The zero-order chi connectivity index (χ0) is 23.3. The van der Waals surface area contributed by atoms with Gasteiger partial charge in [0, 0.05) is 24.4 Å². The number of amides is 2. The molecule has 0 aromatic heterocycles. The third-order valence-corrected chi connectivity index (χ3v) is 5.66. The number of benzene rings is 2. The molecule has 1 aliphatic heterocycles. The molecule has 3 rings (SSSR count). The number of imide groups is 1. The second-order valence-electron chi connectivity index (χ2n) is 7.48. The minimum atomic E-state index is -0.570. The number of ether oxygens (including phenoxy) is 1. The maximum atomic E-state index is 13.3. The van der Waals surface area contributed by atoms with Crippen molar-refractivity contribution in [2.45, 2.75) is 27.3 Å². The van der Waals surface area contributed by atoms with Crippen LogP contribution in [0.4, 0.5) is 5.69 Å². The van der Waals surface area contributed by atoms with Gasteiger partial charge in [0.1, 0.15) is 17.4 Å². The second-order valence-corrected chi connectivity index (χ2v) is 7.48. The zero-order valence-corrected chi connectivity index (χ0v) is 18.9. The maximum Gasteiger partial charge on any atom is 0.271 e. The van der Waals surface area contributed by atoms with Gasteiger partial charge in [0.25, 0.3) is 11.8 Å². The molecule has 1 aliphatic rings. The van der Waals surface area contributed by atoms with Gasteiger partial charge in [-0.2, -0.15) is 5.26 Å². The Morgan fingerprint density at radius 3 is 2.16 bits per heavy atom. The van der Waals surface area contributed by atoms with E-state index in [0.29, 0.717) is 16.9 Å². The van der Waals surface area contributed by atoms with E-state index in [2.05, 4.69) is 18.7 Å². The van der Waals surface area contributed by atoms with Crippen molar-refractivity contribution in [2.24, 2.45) is 0 Å². The predicted octanol–water partition coefficient (Wildman–Crippen LogP) is 4.33. The van der Waals surface area contributed by atoms with Crippen molar-refractivity contribution in [3.63, 3.8) is 0 Å². The molecule has 2 aromatic carbocycles. The maximum absolute atomic E-state index is 13.3. The Balaban J connectivity index is 1.95. The summed E-state index contributed by atoms with van der Waals surface area (Å²) >= 11 is 0. The van der Waals surface area contributed by atoms with E-state index in [-0.39, 0.29) is 12.1 Å². The van der Waals surface area contributed by atoms with Crippen molar-refractivity contribution >= 4 is 23.6 Å². The van der Waals surface area contributed by atoms with E-state index in [4.69, 9.17) is 4.74 Å². The number of methoxy groups -OCH3 is 1. The molecule has 0 unspecified atom stereocenters. The molecule has 0 radical (unpaired) electrons. The van der Waals surface area contributed by atoms with Crippen LogP contribution in [0.5, 0.6) is 5.75 Å². The monoisotopic (exact) mass is 429 g/mol. The Morgan fingerprint density at radius 1 is 1.00 bits per heavy atom. The summed E-state index contributed by atoms with van der Waals surface area (Å²) in [5.41, 5.74) is 3.45. The molecule has 0 saturated heterocycles. The van der Waals surface area contributed by atoms with Crippen LogP contribution in [0.1, 0.15) is 31.9 Å². The second kappa shape index (κ2) is 9.97. The van der Waals surface area contributed by atoms with Crippen molar-refractivity contribution in [3.05, 3.63) is 76.4 Å². The van der Waals surface area contributed by atoms with Crippen LogP contribution in [-0.4, -0.2) is 36.9 Å². The van der Waals surface area contributed by atoms with E-state index in [1.54, 1.807) is 44.4 Å². The molecular weight excluding hydrogens is 402 g/mol. The summed E-state index contributed by atoms with van der Waals surface area (Å²) in [6.45, 7) is 7.75. The van der Waals surface area contributed by atoms with Crippen molar-refractivity contribution in [1.29, 1.82) is 5.26 Å². The third-order valence-electron chi connectivity index (χ3n) is 5.66. The summed E-state index contributed by atoms with van der Waals surface area (Å²) in [6.07, 6.45) is 1.74. The average molecular weight is 430 g/mol. The highest BCUT2D eigenvalue weighted by Crippen LogP contribution is 2.29. The van der Waals surface area contributed by atoms with Gasteiger partial charge in [-0.15, -0.1) is 0 Å².